The van der Waals surface area contributed by atoms with Gasteiger partial charge in [0.15, 0.2) is 0 Å². The molecule has 0 radical (unpaired) electrons. The maximum Gasteiger partial charge on any atom is 0.267 e. The third-order valence-electron chi connectivity index (χ3n) is 4.30. The van der Waals surface area contributed by atoms with Crippen molar-refractivity contribution in [1.29, 1.82) is 5.26 Å². The second kappa shape index (κ2) is 8.87. The number of hydrogen-bond donors (Lipinski definition) is 2. The quantitative estimate of drug-likeness (QED) is 0.562. The number of carbonyl (C=O) groups is 1. The Balaban J connectivity index is 2.14. The Morgan fingerprint density at radius 3 is 2.46 bits per heavy atom. The molecule has 0 aromatic heterocycles. The van der Waals surface area contributed by atoms with Gasteiger partial charge in [-0.05, 0) is 48.1 Å². The lowest BCUT2D eigenvalue weighted by molar-refractivity contribution is -0.112. The Morgan fingerprint density at radius 1 is 1.19 bits per heavy atom. The van der Waals surface area contributed by atoms with Gasteiger partial charge in [-0.25, -0.2) is 0 Å². The van der Waals surface area contributed by atoms with E-state index in [4.69, 9.17) is 0 Å². The van der Waals surface area contributed by atoms with Crippen molar-refractivity contribution in [2.45, 2.75) is 40.0 Å². The summed E-state index contributed by atoms with van der Waals surface area (Å²) in [5, 5.41) is 15.2. The number of carbonyl (C=O) groups excluding carboxylic acids is 1. The zero-order valence-electron chi connectivity index (χ0n) is 15.8. The van der Waals surface area contributed by atoms with Crippen molar-refractivity contribution in [3.05, 3.63) is 70.9 Å². The van der Waals surface area contributed by atoms with Gasteiger partial charge in [-0.2, -0.15) is 5.26 Å². The number of amides is 1. The zero-order chi connectivity index (χ0) is 19.1. The highest BCUT2D eigenvalue weighted by atomic mass is 16.1. The van der Waals surface area contributed by atoms with Crippen molar-refractivity contribution >= 4 is 17.3 Å². The van der Waals surface area contributed by atoms with Gasteiger partial charge in [0.1, 0.15) is 11.6 Å². The minimum absolute atomic E-state index is 0.0308. The van der Waals surface area contributed by atoms with Crippen LogP contribution in [0.25, 0.3) is 0 Å². The molecule has 2 aromatic carbocycles. The Hall–Kier alpha value is -3.06. The van der Waals surface area contributed by atoms with Crippen molar-refractivity contribution in [2.75, 3.05) is 10.6 Å². The number of anilines is 2. The summed E-state index contributed by atoms with van der Waals surface area (Å²) in [5.41, 5.74) is 4.91. The van der Waals surface area contributed by atoms with Gasteiger partial charge in [-0.3, -0.25) is 4.79 Å². The number of para-hydroxylation sites is 1. The van der Waals surface area contributed by atoms with E-state index >= 15 is 0 Å². The number of benzene rings is 2. The topological polar surface area (TPSA) is 64.9 Å². The van der Waals surface area contributed by atoms with Gasteiger partial charge >= 0.3 is 0 Å². The predicted molar refractivity (Wildman–Crippen MR) is 107 cm³/mol. The van der Waals surface area contributed by atoms with Gasteiger partial charge in [-0.15, -0.1) is 0 Å². The number of aryl methyl sites for hydroxylation is 2. The van der Waals surface area contributed by atoms with Crippen LogP contribution in [0.1, 0.15) is 43.4 Å². The van der Waals surface area contributed by atoms with Crippen molar-refractivity contribution in [3.63, 3.8) is 0 Å². The van der Waals surface area contributed by atoms with Crippen molar-refractivity contribution in [2.24, 2.45) is 0 Å². The third kappa shape index (κ3) is 4.73. The lowest BCUT2D eigenvalue weighted by Gasteiger charge is -2.12. The molecule has 2 rings (SSSR count). The highest BCUT2D eigenvalue weighted by Crippen LogP contribution is 2.22. The minimum atomic E-state index is -0.414. The smallest absolute Gasteiger partial charge is 0.267 e. The van der Waals surface area contributed by atoms with Crippen LogP contribution >= 0.6 is 0 Å². The predicted octanol–water partition coefficient (Wildman–Crippen LogP) is 5.14. The summed E-state index contributed by atoms with van der Waals surface area (Å²) >= 11 is 0. The first-order valence-electron chi connectivity index (χ1n) is 8.82. The molecule has 0 aliphatic rings. The number of nitrogens with zero attached hydrogens (tertiary/aromatic N) is 1. The van der Waals surface area contributed by atoms with Gasteiger partial charge in [0, 0.05) is 17.6 Å². The van der Waals surface area contributed by atoms with Crippen LogP contribution in [0.3, 0.4) is 0 Å². The standard InChI is InChI=1S/C22H25N3O/c1-5-17-8-6-7-16(4)21(17)25-22(26)19(13-23)14-24-20-11-9-18(10-12-20)15(2)3/h6-12,14-15,24H,5H2,1-4H3,(H,25,26)/b19-14-. The monoisotopic (exact) mass is 347 g/mol. The lowest BCUT2D eigenvalue weighted by Crippen LogP contribution is -2.16. The van der Waals surface area contributed by atoms with Crippen molar-refractivity contribution in [1.82, 2.24) is 0 Å². The van der Waals surface area contributed by atoms with E-state index in [2.05, 4.69) is 24.5 Å². The molecular weight excluding hydrogens is 322 g/mol. The Morgan fingerprint density at radius 2 is 1.88 bits per heavy atom. The average Bonchev–Trinajstić information content (AvgIpc) is 2.64. The first-order valence-corrected chi connectivity index (χ1v) is 8.82. The van der Waals surface area contributed by atoms with E-state index in [0.717, 1.165) is 28.9 Å². The van der Waals surface area contributed by atoms with Crippen LogP contribution in [-0.4, -0.2) is 5.91 Å². The Labute approximate surface area is 155 Å². The van der Waals surface area contributed by atoms with Crippen LogP contribution in [0.15, 0.2) is 54.2 Å². The van der Waals surface area contributed by atoms with Gasteiger partial charge in [0.2, 0.25) is 0 Å². The molecular formula is C22H25N3O. The summed E-state index contributed by atoms with van der Waals surface area (Å²) in [6, 6.07) is 15.8. The molecule has 0 bridgehead atoms. The second-order valence-corrected chi connectivity index (χ2v) is 6.51. The molecule has 2 aromatic rings. The fourth-order valence-electron chi connectivity index (χ4n) is 2.65. The fourth-order valence-corrected chi connectivity index (χ4v) is 2.65. The zero-order valence-corrected chi connectivity index (χ0v) is 15.8. The molecule has 0 fully saturated rings. The maximum absolute atomic E-state index is 12.5. The average molecular weight is 347 g/mol. The largest absolute Gasteiger partial charge is 0.360 e. The summed E-state index contributed by atoms with van der Waals surface area (Å²) in [4.78, 5) is 12.5. The lowest BCUT2D eigenvalue weighted by atomic mass is 10.0. The van der Waals surface area contributed by atoms with Crippen LogP contribution in [0.5, 0.6) is 0 Å². The number of nitrogens with one attached hydrogen (secondary N) is 2. The molecule has 0 unspecified atom stereocenters. The molecule has 0 aliphatic heterocycles. The van der Waals surface area contributed by atoms with E-state index in [1.807, 2.05) is 62.4 Å². The van der Waals surface area contributed by atoms with Crippen LogP contribution in [0.2, 0.25) is 0 Å². The Kier molecular flexibility index (Phi) is 6.57. The molecule has 0 heterocycles. The maximum atomic E-state index is 12.5. The van der Waals surface area contributed by atoms with E-state index in [9.17, 15) is 10.1 Å². The second-order valence-electron chi connectivity index (χ2n) is 6.51. The molecule has 26 heavy (non-hydrogen) atoms. The molecule has 0 saturated carbocycles. The molecule has 2 N–H and O–H groups in total. The third-order valence-corrected chi connectivity index (χ3v) is 4.30. The number of nitriles is 1. The van der Waals surface area contributed by atoms with E-state index in [1.165, 1.54) is 11.8 Å². The molecule has 0 spiro atoms. The van der Waals surface area contributed by atoms with E-state index in [0.29, 0.717) is 5.92 Å². The highest BCUT2D eigenvalue weighted by Gasteiger charge is 2.13. The first kappa shape index (κ1) is 19.3. The van der Waals surface area contributed by atoms with Crippen LogP contribution < -0.4 is 10.6 Å². The van der Waals surface area contributed by atoms with Crippen LogP contribution in [0.4, 0.5) is 11.4 Å². The van der Waals surface area contributed by atoms with E-state index in [1.54, 1.807) is 0 Å². The van der Waals surface area contributed by atoms with Gasteiger partial charge < -0.3 is 10.6 Å². The summed E-state index contributed by atoms with van der Waals surface area (Å²) < 4.78 is 0. The SMILES string of the molecule is CCc1cccc(C)c1NC(=O)/C(C#N)=C\Nc1ccc(C(C)C)cc1. The molecule has 4 nitrogen and oxygen atoms in total. The summed E-state index contributed by atoms with van der Waals surface area (Å²) in [5.74, 6) is 0.0460. The summed E-state index contributed by atoms with van der Waals surface area (Å²) in [6.07, 6.45) is 2.26. The van der Waals surface area contributed by atoms with E-state index in [-0.39, 0.29) is 5.57 Å². The molecule has 0 aliphatic carbocycles. The molecule has 1 amide bonds. The van der Waals surface area contributed by atoms with Crippen molar-refractivity contribution in [3.8, 4) is 6.07 Å². The van der Waals surface area contributed by atoms with Crippen LogP contribution in [-0.2, 0) is 11.2 Å². The fraction of sp³-hybridized carbons (Fsp3) is 0.273. The summed E-state index contributed by atoms with van der Waals surface area (Å²) in [6.45, 7) is 8.25. The van der Waals surface area contributed by atoms with Gasteiger partial charge in [0.05, 0.1) is 0 Å². The highest BCUT2D eigenvalue weighted by molar-refractivity contribution is 6.07. The molecule has 0 atom stereocenters. The number of rotatable bonds is 6. The molecule has 4 heteroatoms. The summed E-state index contributed by atoms with van der Waals surface area (Å²) in [7, 11) is 0. The molecule has 134 valence electrons. The minimum Gasteiger partial charge on any atom is -0.360 e. The Bertz CT molecular complexity index is 843. The van der Waals surface area contributed by atoms with E-state index < -0.39 is 5.91 Å². The van der Waals surface area contributed by atoms with Crippen LogP contribution in [0, 0.1) is 18.3 Å². The number of hydrogen-bond acceptors (Lipinski definition) is 3. The van der Waals surface area contributed by atoms with Gasteiger partial charge in [-0.1, -0.05) is 51.1 Å². The first-order chi connectivity index (χ1) is 12.5. The normalized spacial score (nSPS) is 11.2. The van der Waals surface area contributed by atoms with Crippen molar-refractivity contribution < 1.29 is 4.79 Å². The molecule has 0 saturated heterocycles. The van der Waals surface area contributed by atoms with Gasteiger partial charge in [0.25, 0.3) is 5.91 Å².